The first kappa shape index (κ1) is 22.3. The summed E-state index contributed by atoms with van der Waals surface area (Å²) in [6.07, 6.45) is 2.98. The molecular formula is C21H27N5O2S. The molecule has 0 atom stereocenters. The van der Waals surface area contributed by atoms with Crippen LogP contribution in [0.2, 0.25) is 0 Å². The van der Waals surface area contributed by atoms with Gasteiger partial charge in [0.05, 0.1) is 23.3 Å². The Balaban J connectivity index is 2.00. The van der Waals surface area contributed by atoms with Crippen molar-refractivity contribution in [3.05, 3.63) is 71.2 Å². The molecule has 7 nitrogen and oxygen atoms in total. The van der Waals surface area contributed by atoms with E-state index in [9.17, 15) is 4.79 Å². The highest BCUT2D eigenvalue weighted by Gasteiger charge is 2.19. The molecule has 0 saturated carbocycles. The second kappa shape index (κ2) is 11.1. The van der Waals surface area contributed by atoms with Gasteiger partial charge in [0.1, 0.15) is 5.76 Å². The lowest BCUT2D eigenvalue weighted by Crippen LogP contribution is -2.34. The van der Waals surface area contributed by atoms with Crippen LogP contribution in [0.1, 0.15) is 30.7 Å². The quantitative estimate of drug-likeness (QED) is 0.284. The standard InChI is InChI=1S/C21H27N5O2S/c1-15(2)13-26(21(24-22)18-9-7-16(3)8-10-18)17(4)29-14-20(27)25-23-12-19-6-5-11-28-19/h5-12,15H,4,13-14,22H2,1-3H3,(H,25,27)/b23-12+,24-21-. The van der Waals surface area contributed by atoms with Crippen molar-refractivity contribution in [3.63, 3.8) is 0 Å². The first-order valence-corrected chi connectivity index (χ1v) is 10.2. The molecule has 0 aliphatic rings. The third-order valence-electron chi connectivity index (χ3n) is 3.83. The van der Waals surface area contributed by atoms with E-state index in [1.807, 2.05) is 36.1 Å². The number of carbonyl (C=O) groups is 1. The van der Waals surface area contributed by atoms with Gasteiger partial charge in [-0.05, 0) is 25.0 Å². The van der Waals surface area contributed by atoms with Gasteiger partial charge in [-0.1, -0.05) is 62.0 Å². The maximum absolute atomic E-state index is 12.1. The SMILES string of the molecule is C=C(SCC(=O)N/N=C/c1ccco1)N(CC(C)C)/C(=N\N)c1ccc(C)cc1. The zero-order chi connectivity index (χ0) is 21.2. The zero-order valence-electron chi connectivity index (χ0n) is 17.0. The van der Waals surface area contributed by atoms with E-state index in [4.69, 9.17) is 10.3 Å². The average Bonchev–Trinajstić information content (AvgIpc) is 3.20. The van der Waals surface area contributed by atoms with E-state index >= 15 is 0 Å². The highest BCUT2D eigenvalue weighted by atomic mass is 32.2. The van der Waals surface area contributed by atoms with Gasteiger partial charge >= 0.3 is 0 Å². The number of hydrazone groups is 2. The van der Waals surface area contributed by atoms with Gasteiger partial charge in [0.15, 0.2) is 5.84 Å². The molecule has 0 spiro atoms. The Morgan fingerprint density at radius 2 is 2.07 bits per heavy atom. The molecule has 1 amide bonds. The molecule has 0 aliphatic carbocycles. The lowest BCUT2D eigenvalue weighted by atomic mass is 10.1. The van der Waals surface area contributed by atoms with Gasteiger partial charge in [-0.15, -0.1) is 0 Å². The number of carbonyl (C=O) groups excluding carboxylic acids is 1. The zero-order valence-corrected chi connectivity index (χ0v) is 17.8. The number of nitrogens with one attached hydrogen (secondary N) is 1. The number of furan rings is 1. The van der Waals surface area contributed by atoms with Crippen LogP contribution < -0.4 is 11.3 Å². The van der Waals surface area contributed by atoms with Crippen molar-refractivity contribution in [2.75, 3.05) is 12.3 Å². The highest BCUT2D eigenvalue weighted by molar-refractivity contribution is 8.03. The van der Waals surface area contributed by atoms with Crippen LogP contribution in [-0.4, -0.2) is 35.2 Å². The monoisotopic (exact) mass is 413 g/mol. The van der Waals surface area contributed by atoms with Crippen molar-refractivity contribution in [1.29, 1.82) is 0 Å². The van der Waals surface area contributed by atoms with E-state index in [2.05, 4.69) is 36.1 Å². The Bertz CT molecular complexity index is 858. The van der Waals surface area contributed by atoms with Gasteiger partial charge in [-0.3, -0.25) is 4.79 Å². The second-order valence-electron chi connectivity index (χ2n) is 6.81. The van der Waals surface area contributed by atoms with E-state index in [0.29, 0.717) is 29.1 Å². The molecule has 8 heteroatoms. The summed E-state index contributed by atoms with van der Waals surface area (Å²) in [7, 11) is 0. The summed E-state index contributed by atoms with van der Waals surface area (Å²) in [6.45, 7) is 11.0. The molecule has 1 heterocycles. The predicted octanol–water partition coefficient (Wildman–Crippen LogP) is 3.52. The molecule has 3 N–H and O–H groups in total. The first-order chi connectivity index (χ1) is 13.9. The Morgan fingerprint density at radius 1 is 1.34 bits per heavy atom. The van der Waals surface area contributed by atoms with Crippen LogP contribution in [0.4, 0.5) is 0 Å². The predicted molar refractivity (Wildman–Crippen MR) is 119 cm³/mol. The molecule has 0 fully saturated rings. The Kier molecular flexibility index (Phi) is 8.54. The molecule has 29 heavy (non-hydrogen) atoms. The number of benzene rings is 1. The van der Waals surface area contributed by atoms with Gasteiger partial charge in [0.25, 0.3) is 0 Å². The molecule has 0 bridgehead atoms. The van der Waals surface area contributed by atoms with E-state index in [1.54, 1.807) is 12.1 Å². The number of hydrogen-bond acceptors (Lipinski definition) is 6. The van der Waals surface area contributed by atoms with Crippen molar-refractivity contribution >= 4 is 29.7 Å². The minimum absolute atomic E-state index is 0.161. The molecule has 0 aliphatic heterocycles. The Hall–Kier alpha value is -3.00. The molecule has 1 aromatic carbocycles. The van der Waals surface area contributed by atoms with Gasteiger partial charge in [0.2, 0.25) is 5.91 Å². The van der Waals surface area contributed by atoms with Gasteiger partial charge in [0, 0.05) is 12.1 Å². The van der Waals surface area contributed by atoms with Gasteiger partial charge < -0.3 is 15.2 Å². The van der Waals surface area contributed by atoms with Crippen LogP contribution in [0, 0.1) is 12.8 Å². The maximum Gasteiger partial charge on any atom is 0.250 e. The van der Waals surface area contributed by atoms with Crippen molar-refractivity contribution in [2.24, 2.45) is 22.0 Å². The Morgan fingerprint density at radius 3 is 2.66 bits per heavy atom. The first-order valence-electron chi connectivity index (χ1n) is 9.20. The molecule has 2 rings (SSSR count). The fourth-order valence-electron chi connectivity index (χ4n) is 2.47. The second-order valence-corrected chi connectivity index (χ2v) is 7.86. The highest BCUT2D eigenvalue weighted by Crippen LogP contribution is 2.23. The molecule has 0 unspecified atom stereocenters. The van der Waals surface area contributed by atoms with E-state index in [1.165, 1.54) is 24.2 Å². The number of thioether (sulfide) groups is 1. The summed E-state index contributed by atoms with van der Waals surface area (Å²) in [6, 6.07) is 11.5. The maximum atomic E-state index is 12.1. The van der Waals surface area contributed by atoms with Crippen LogP contribution >= 0.6 is 11.8 Å². The number of aryl methyl sites for hydroxylation is 1. The minimum Gasteiger partial charge on any atom is -0.463 e. The van der Waals surface area contributed by atoms with Gasteiger partial charge in [-0.25, -0.2) is 5.43 Å². The number of nitrogens with two attached hydrogens (primary N) is 1. The molecular weight excluding hydrogens is 386 g/mol. The van der Waals surface area contributed by atoms with Gasteiger partial charge in [-0.2, -0.15) is 10.2 Å². The largest absolute Gasteiger partial charge is 0.463 e. The fourth-order valence-corrected chi connectivity index (χ4v) is 3.15. The third kappa shape index (κ3) is 7.15. The van der Waals surface area contributed by atoms with Crippen LogP contribution in [-0.2, 0) is 4.79 Å². The topological polar surface area (TPSA) is 96.2 Å². The smallest absolute Gasteiger partial charge is 0.250 e. The van der Waals surface area contributed by atoms with Crippen molar-refractivity contribution in [1.82, 2.24) is 10.3 Å². The van der Waals surface area contributed by atoms with E-state index in [0.717, 1.165) is 11.1 Å². The van der Waals surface area contributed by atoms with Crippen molar-refractivity contribution in [2.45, 2.75) is 20.8 Å². The van der Waals surface area contributed by atoms with E-state index < -0.39 is 0 Å². The molecule has 0 saturated heterocycles. The lowest BCUT2D eigenvalue weighted by Gasteiger charge is -2.28. The average molecular weight is 414 g/mol. The summed E-state index contributed by atoms with van der Waals surface area (Å²) in [5.74, 6) is 7.16. The van der Waals surface area contributed by atoms with E-state index in [-0.39, 0.29) is 11.7 Å². The third-order valence-corrected chi connectivity index (χ3v) is 4.79. The number of hydrogen-bond donors (Lipinski definition) is 2. The summed E-state index contributed by atoms with van der Waals surface area (Å²) in [4.78, 5) is 14.0. The summed E-state index contributed by atoms with van der Waals surface area (Å²) in [5.41, 5.74) is 4.52. The minimum atomic E-state index is -0.245. The summed E-state index contributed by atoms with van der Waals surface area (Å²) < 4.78 is 5.12. The normalized spacial score (nSPS) is 11.8. The number of amidine groups is 1. The Labute approximate surface area is 175 Å². The van der Waals surface area contributed by atoms with Crippen LogP contribution in [0.15, 0.2) is 68.9 Å². The van der Waals surface area contributed by atoms with Crippen molar-refractivity contribution < 1.29 is 9.21 Å². The van der Waals surface area contributed by atoms with Crippen molar-refractivity contribution in [3.8, 4) is 0 Å². The number of nitrogens with zero attached hydrogens (tertiary/aromatic N) is 3. The molecule has 0 radical (unpaired) electrons. The molecule has 1 aromatic heterocycles. The van der Waals surface area contributed by atoms with Crippen LogP contribution in [0.25, 0.3) is 0 Å². The lowest BCUT2D eigenvalue weighted by molar-refractivity contribution is -0.118. The molecule has 2 aromatic rings. The summed E-state index contributed by atoms with van der Waals surface area (Å²) in [5, 5.41) is 8.56. The fraction of sp³-hybridized carbons (Fsp3) is 0.286. The number of amides is 1. The van der Waals surface area contributed by atoms with Crippen LogP contribution in [0.3, 0.4) is 0 Å². The van der Waals surface area contributed by atoms with Crippen LogP contribution in [0.5, 0.6) is 0 Å². The number of rotatable bonds is 9. The summed E-state index contributed by atoms with van der Waals surface area (Å²) >= 11 is 1.31. The molecule has 154 valence electrons.